The lowest BCUT2D eigenvalue weighted by atomic mass is 9.86. The van der Waals surface area contributed by atoms with Gasteiger partial charge in [-0.05, 0) is 30.7 Å². The van der Waals surface area contributed by atoms with Crippen molar-refractivity contribution in [3.63, 3.8) is 0 Å². The number of H-pyrrole nitrogens is 1. The molecule has 2 aromatic carbocycles. The Hall–Kier alpha value is -3.97. The van der Waals surface area contributed by atoms with Gasteiger partial charge in [0.25, 0.3) is 5.91 Å². The van der Waals surface area contributed by atoms with Gasteiger partial charge in [0, 0.05) is 24.9 Å². The van der Waals surface area contributed by atoms with Crippen LogP contribution in [0.2, 0.25) is 0 Å². The van der Waals surface area contributed by atoms with Crippen LogP contribution in [-0.2, 0) is 9.84 Å². The summed E-state index contributed by atoms with van der Waals surface area (Å²) in [5, 5.41) is 5.23. The van der Waals surface area contributed by atoms with E-state index in [9.17, 15) is 39.6 Å². The minimum atomic E-state index is -4.91. The molecule has 0 bridgehead atoms. The molecule has 1 aliphatic rings. The Morgan fingerprint density at radius 2 is 1.93 bits per heavy atom. The molecule has 3 aromatic rings. The fourth-order valence-corrected chi connectivity index (χ4v) is 5.50. The van der Waals surface area contributed by atoms with Gasteiger partial charge in [-0.3, -0.25) is 9.69 Å². The fraction of sp³-hybridized carbons (Fsp3) is 0.407. The fourth-order valence-electron chi connectivity index (χ4n) is 4.86. The second-order valence-corrected chi connectivity index (χ2v) is 12.0. The highest BCUT2D eigenvalue weighted by molar-refractivity contribution is 7.90. The van der Waals surface area contributed by atoms with Crippen molar-refractivity contribution in [1.82, 2.24) is 20.2 Å². The van der Waals surface area contributed by atoms with Gasteiger partial charge < -0.3 is 20.4 Å². The first-order valence-electron chi connectivity index (χ1n) is 12.8. The summed E-state index contributed by atoms with van der Waals surface area (Å²) in [5.74, 6) is 2.30. The second kappa shape index (κ2) is 12.3. The summed E-state index contributed by atoms with van der Waals surface area (Å²) in [4.78, 5) is 20.5. The number of halogens is 6. The Morgan fingerprint density at radius 3 is 2.58 bits per heavy atom. The summed E-state index contributed by atoms with van der Waals surface area (Å²) in [6.07, 6.45) is -7.88. The van der Waals surface area contributed by atoms with E-state index in [2.05, 4.69) is 32.4 Å². The van der Waals surface area contributed by atoms with E-state index in [1.54, 1.807) is 6.07 Å². The largest absolute Gasteiger partial charge is 0.495 e. The van der Waals surface area contributed by atoms with Gasteiger partial charge in [0.15, 0.2) is 9.84 Å². The summed E-state index contributed by atoms with van der Waals surface area (Å²) in [6.45, 7) is -2.81. The molecule has 1 amide bonds. The average Bonchev–Trinajstić information content (AvgIpc) is 3.39. The van der Waals surface area contributed by atoms with Crippen LogP contribution in [-0.4, -0.2) is 86.6 Å². The van der Waals surface area contributed by atoms with Gasteiger partial charge in [-0.1, -0.05) is 17.9 Å². The van der Waals surface area contributed by atoms with Crippen LogP contribution in [0.5, 0.6) is 5.75 Å². The molecule has 0 saturated carbocycles. The summed E-state index contributed by atoms with van der Waals surface area (Å²) in [7, 11) is -2.20. The maximum Gasteiger partial charge on any atom is 0.401 e. The number of hydrogen-bond acceptors (Lipinski definition) is 7. The number of likely N-dealkylation sites (tertiary alicyclic amines) is 1. The predicted octanol–water partition coefficient (Wildman–Crippen LogP) is 4.00. The number of piperidine rings is 1. The molecule has 3 unspecified atom stereocenters. The Bertz CT molecular complexity index is 1640. The van der Waals surface area contributed by atoms with Crippen LogP contribution in [0.1, 0.15) is 16.8 Å². The molecule has 0 radical (unpaired) electrons. The van der Waals surface area contributed by atoms with E-state index < -0.39 is 65.6 Å². The van der Waals surface area contributed by atoms with E-state index in [1.165, 1.54) is 43.8 Å². The van der Waals surface area contributed by atoms with Crippen LogP contribution < -0.4 is 15.4 Å². The third-order valence-electron chi connectivity index (χ3n) is 6.89. The van der Waals surface area contributed by atoms with Crippen molar-refractivity contribution in [2.75, 3.05) is 38.3 Å². The summed E-state index contributed by atoms with van der Waals surface area (Å²) in [6, 6.07) is 5.73. The van der Waals surface area contributed by atoms with Crippen LogP contribution in [0.4, 0.5) is 32.0 Å². The number of aromatic amines is 1. The van der Waals surface area contributed by atoms with Gasteiger partial charge in [-0.25, -0.2) is 13.4 Å². The molecule has 1 aromatic heterocycles. The highest BCUT2D eigenvalue weighted by atomic mass is 32.2. The first-order chi connectivity index (χ1) is 20.1. The quantitative estimate of drug-likeness (QED) is 0.267. The molecule has 3 atom stereocenters. The lowest BCUT2D eigenvalue weighted by molar-refractivity contribution is -0.207. The molecule has 1 aliphatic heterocycles. The number of imidazole rings is 1. The zero-order chi connectivity index (χ0) is 31.6. The molecule has 0 spiro atoms. The lowest BCUT2D eigenvalue weighted by Crippen LogP contribution is -2.60. The molecule has 43 heavy (non-hydrogen) atoms. The molecular formula is C27H27F6N5O4S. The third kappa shape index (κ3) is 7.90. The van der Waals surface area contributed by atoms with Crippen molar-refractivity contribution in [3.05, 3.63) is 48.3 Å². The van der Waals surface area contributed by atoms with Crippen LogP contribution in [0.25, 0.3) is 11.0 Å². The van der Waals surface area contributed by atoms with E-state index in [-0.39, 0.29) is 28.3 Å². The van der Waals surface area contributed by atoms with Crippen molar-refractivity contribution in [2.45, 2.75) is 35.8 Å². The number of hydrogen-bond donors (Lipinski definition) is 3. The molecular weight excluding hydrogens is 604 g/mol. The monoisotopic (exact) mass is 631 g/mol. The Morgan fingerprint density at radius 1 is 1.19 bits per heavy atom. The van der Waals surface area contributed by atoms with Crippen molar-refractivity contribution in [1.29, 1.82) is 0 Å². The van der Waals surface area contributed by atoms with E-state index in [4.69, 9.17) is 4.74 Å². The Labute approximate surface area is 242 Å². The third-order valence-corrected chi connectivity index (χ3v) is 8.00. The van der Waals surface area contributed by atoms with Gasteiger partial charge in [0.1, 0.15) is 11.3 Å². The number of alkyl halides is 6. The second-order valence-electron chi connectivity index (χ2n) is 9.94. The van der Waals surface area contributed by atoms with Crippen molar-refractivity contribution >= 4 is 32.5 Å². The molecule has 232 valence electrons. The maximum atomic E-state index is 14.1. The molecule has 4 rings (SSSR count). The minimum Gasteiger partial charge on any atom is -0.495 e. The standard InChI is InChI=1S/C27H27F6N5O4S/c1-42-23-12-17(43(2,40)41)8-9-20(23)34-10-4-5-16-11-22(19(27(31,32)33)13-38(16)14-26(28,29)30)37-25(39)18-6-3-7-21-24(18)36-15-35-21/h3,6-9,12,15-16,19,22,34H,10-11,13-14H2,1-2H3,(H,35,36)(H,37,39). The number of rotatable bonds is 7. The maximum absolute atomic E-state index is 14.1. The van der Waals surface area contributed by atoms with Crippen molar-refractivity contribution < 1.29 is 44.3 Å². The van der Waals surface area contributed by atoms with Gasteiger partial charge in [-0.2, -0.15) is 26.3 Å². The zero-order valence-corrected chi connectivity index (χ0v) is 23.6. The van der Waals surface area contributed by atoms with Gasteiger partial charge in [0.2, 0.25) is 0 Å². The number of benzene rings is 2. The van der Waals surface area contributed by atoms with E-state index in [0.717, 1.165) is 6.26 Å². The molecule has 0 aliphatic carbocycles. The highest BCUT2D eigenvalue weighted by Gasteiger charge is 2.51. The van der Waals surface area contributed by atoms with E-state index >= 15 is 0 Å². The van der Waals surface area contributed by atoms with E-state index in [0.29, 0.717) is 16.1 Å². The first kappa shape index (κ1) is 32.0. The lowest BCUT2D eigenvalue weighted by Gasteiger charge is -2.43. The van der Waals surface area contributed by atoms with E-state index in [1.807, 2.05) is 0 Å². The molecule has 3 N–H and O–H groups in total. The average molecular weight is 632 g/mol. The van der Waals surface area contributed by atoms with Gasteiger partial charge >= 0.3 is 12.4 Å². The topological polar surface area (TPSA) is 116 Å². The predicted molar refractivity (Wildman–Crippen MR) is 145 cm³/mol. The van der Waals surface area contributed by atoms with Crippen LogP contribution >= 0.6 is 0 Å². The summed E-state index contributed by atoms with van der Waals surface area (Å²) >= 11 is 0. The highest BCUT2D eigenvalue weighted by Crippen LogP contribution is 2.37. The van der Waals surface area contributed by atoms with Crippen molar-refractivity contribution in [2.24, 2.45) is 5.92 Å². The minimum absolute atomic E-state index is 0.00168. The number of ether oxygens (including phenoxy) is 1. The number of aromatic nitrogens is 2. The number of methoxy groups -OCH3 is 1. The Kier molecular flexibility index (Phi) is 9.16. The number of nitrogens with zero attached hydrogens (tertiary/aromatic N) is 2. The van der Waals surface area contributed by atoms with Crippen LogP contribution in [0.3, 0.4) is 0 Å². The first-order valence-corrected chi connectivity index (χ1v) is 14.7. The molecule has 1 saturated heterocycles. The number of carbonyl (C=O) groups excluding carboxylic acids is 1. The molecule has 1 fully saturated rings. The number of sulfone groups is 1. The van der Waals surface area contributed by atoms with Crippen LogP contribution in [0.15, 0.2) is 47.6 Å². The number of amides is 1. The normalized spacial score (nSPS) is 19.9. The van der Waals surface area contributed by atoms with Gasteiger partial charge in [-0.15, -0.1) is 0 Å². The Balaban J connectivity index is 1.57. The number of anilines is 1. The molecule has 9 nitrogen and oxygen atoms in total. The van der Waals surface area contributed by atoms with Gasteiger partial charge in [0.05, 0.1) is 60.1 Å². The SMILES string of the molecule is COc1cc(S(C)(=O)=O)ccc1NCC#CC1CC(NC(=O)c2cccc3[nH]cnc23)C(C(F)(F)F)CN1CC(F)(F)F. The number of fused-ring (bicyclic) bond motifs is 1. The van der Waals surface area contributed by atoms with Crippen molar-refractivity contribution in [3.8, 4) is 17.6 Å². The number of para-hydroxylation sites is 1. The van der Waals surface area contributed by atoms with Crippen LogP contribution in [0, 0.1) is 17.8 Å². The molecule has 2 heterocycles. The summed E-state index contributed by atoms with van der Waals surface area (Å²) < 4.78 is 111. The number of nitrogens with one attached hydrogen (secondary N) is 3. The smallest absolute Gasteiger partial charge is 0.401 e. The molecule has 16 heteroatoms. The zero-order valence-electron chi connectivity index (χ0n) is 22.8. The number of carbonyl (C=O) groups is 1. The summed E-state index contributed by atoms with van der Waals surface area (Å²) in [5.41, 5.74) is 1.08.